The van der Waals surface area contributed by atoms with E-state index in [1.165, 1.54) is 16.1 Å². The molecule has 162 valence electrons. The monoisotopic (exact) mass is 467 g/mol. The molecule has 3 heterocycles. The van der Waals surface area contributed by atoms with Crippen molar-refractivity contribution in [2.24, 2.45) is 0 Å². The molecule has 2 fully saturated rings. The van der Waals surface area contributed by atoms with Gasteiger partial charge >= 0.3 is 6.03 Å². The number of likely N-dealkylation sites (N-methyl/N-ethyl adjacent to an activating group) is 1. The number of aromatic nitrogens is 2. The number of rotatable bonds is 3. The molecule has 32 heavy (non-hydrogen) atoms. The standard InChI is InChI=1S/C23H19Cl2N5O2/c1-29-22(32)30(19-7-17(24)6-18(25)8-19)21(31)23(29)12-26-11-20(23)15-4-2-14(3-5-15)16-9-27-13-28-10-16/h2-10,13,20,26H,11-12H2,1H3/t20-,23-/m1/s1. The Bertz CT molecular complexity index is 1180. The number of benzene rings is 2. The third-order valence-corrected chi connectivity index (χ3v) is 6.72. The Kier molecular flexibility index (Phi) is 5.12. The molecule has 2 saturated heterocycles. The van der Waals surface area contributed by atoms with Crippen LogP contribution in [0.25, 0.3) is 11.1 Å². The average Bonchev–Trinajstić information content (AvgIpc) is 3.31. The number of hydrogen-bond acceptors (Lipinski definition) is 5. The fraction of sp³-hybridized carbons (Fsp3) is 0.217. The fourth-order valence-electron chi connectivity index (χ4n) is 4.67. The predicted molar refractivity (Wildman–Crippen MR) is 123 cm³/mol. The van der Waals surface area contributed by atoms with E-state index in [2.05, 4.69) is 15.3 Å². The minimum Gasteiger partial charge on any atom is -0.313 e. The second-order valence-corrected chi connectivity index (χ2v) is 8.84. The highest BCUT2D eigenvalue weighted by Gasteiger charge is 2.62. The van der Waals surface area contributed by atoms with Gasteiger partial charge in [0.05, 0.1) is 5.69 Å². The minimum absolute atomic E-state index is 0.218. The van der Waals surface area contributed by atoms with Crippen LogP contribution < -0.4 is 10.2 Å². The van der Waals surface area contributed by atoms with Gasteiger partial charge in [0.15, 0.2) is 0 Å². The third-order valence-electron chi connectivity index (χ3n) is 6.28. The zero-order valence-electron chi connectivity index (χ0n) is 17.1. The number of nitrogens with zero attached hydrogens (tertiary/aromatic N) is 4. The Balaban J connectivity index is 1.52. The molecule has 3 aromatic rings. The highest BCUT2D eigenvalue weighted by molar-refractivity contribution is 6.35. The molecule has 3 amide bonds. The van der Waals surface area contributed by atoms with Crippen molar-refractivity contribution in [2.75, 3.05) is 25.0 Å². The number of carbonyl (C=O) groups excluding carboxylic acids is 2. The van der Waals surface area contributed by atoms with E-state index in [-0.39, 0.29) is 11.8 Å². The van der Waals surface area contributed by atoms with Crippen LogP contribution >= 0.6 is 23.2 Å². The average molecular weight is 468 g/mol. The lowest BCUT2D eigenvalue weighted by Gasteiger charge is -2.33. The minimum atomic E-state index is -1.04. The van der Waals surface area contributed by atoms with Crippen molar-refractivity contribution in [3.8, 4) is 11.1 Å². The van der Waals surface area contributed by atoms with Crippen LogP contribution in [0.4, 0.5) is 10.5 Å². The number of imide groups is 1. The maximum absolute atomic E-state index is 13.8. The van der Waals surface area contributed by atoms with Crippen LogP contribution in [-0.4, -0.2) is 52.5 Å². The first kappa shape index (κ1) is 20.9. The first-order valence-electron chi connectivity index (χ1n) is 10.1. The van der Waals surface area contributed by atoms with E-state index in [1.54, 1.807) is 37.6 Å². The van der Waals surface area contributed by atoms with Gasteiger partial charge in [-0.05, 0) is 29.3 Å². The van der Waals surface area contributed by atoms with Gasteiger partial charge in [-0.3, -0.25) is 4.79 Å². The van der Waals surface area contributed by atoms with Crippen molar-refractivity contribution in [2.45, 2.75) is 11.5 Å². The summed E-state index contributed by atoms with van der Waals surface area (Å²) in [7, 11) is 1.67. The summed E-state index contributed by atoms with van der Waals surface area (Å²) in [4.78, 5) is 37.8. The molecule has 1 spiro atoms. The topological polar surface area (TPSA) is 78.4 Å². The quantitative estimate of drug-likeness (QED) is 0.589. The van der Waals surface area contributed by atoms with E-state index < -0.39 is 11.6 Å². The summed E-state index contributed by atoms with van der Waals surface area (Å²) in [6, 6.07) is 12.3. The van der Waals surface area contributed by atoms with Crippen molar-refractivity contribution >= 4 is 40.8 Å². The second kappa shape index (κ2) is 7.85. The SMILES string of the molecule is CN1C(=O)N(c2cc(Cl)cc(Cl)c2)C(=O)[C@]12CNC[C@@H]2c1ccc(-c2cncnc2)cc1. The van der Waals surface area contributed by atoms with Crippen molar-refractivity contribution < 1.29 is 9.59 Å². The first-order valence-corrected chi connectivity index (χ1v) is 10.8. The molecular formula is C23H19Cl2N5O2. The summed E-state index contributed by atoms with van der Waals surface area (Å²) in [5.74, 6) is -0.511. The van der Waals surface area contributed by atoms with Gasteiger partial charge in [-0.15, -0.1) is 0 Å². The van der Waals surface area contributed by atoms with Crippen molar-refractivity contribution in [3.63, 3.8) is 0 Å². The Labute approximate surface area is 195 Å². The van der Waals surface area contributed by atoms with Gasteiger partial charge in [0.2, 0.25) is 0 Å². The summed E-state index contributed by atoms with van der Waals surface area (Å²) in [5, 5.41) is 4.03. The van der Waals surface area contributed by atoms with Crippen molar-refractivity contribution in [3.05, 3.63) is 76.8 Å². The Hall–Kier alpha value is -3.00. The van der Waals surface area contributed by atoms with Crippen LogP contribution in [0, 0.1) is 0 Å². The number of urea groups is 1. The third kappa shape index (κ3) is 3.16. The fourth-order valence-corrected chi connectivity index (χ4v) is 5.18. The Morgan fingerprint density at radius 1 is 1.00 bits per heavy atom. The smallest absolute Gasteiger partial charge is 0.313 e. The van der Waals surface area contributed by atoms with Gasteiger partial charge in [-0.1, -0.05) is 47.5 Å². The number of anilines is 1. The van der Waals surface area contributed by atoms with Gasteiger partial charge in [-0.2, -0.15) is 0 Å². The first-order chi connectivity index (χ1) is 15.4. The van der Waals surface area contributed by atoms with Crippen LogP contribution in [0.1, 0.15) is 11.5 Å². The van der Waals surface area contributed by atoms with Crippen LogP contribution in [0.5, 0.6) is 0 Å². The molecule has 5 rings (SSSR count). The lowest BCUT2D eigenvalue weighted by atomic mass is 9.80. The number of carbonyl (C=O) groups is 2. The highest BCUT2D eigenvalue weighted by Crippen LogP contribution is 2.44. The molecule has 2 aromatic carbocycles. The van der Waals surface area contributed by atoms with Crippen molar-refractivity contribution in [1.29, 1.82) is 0 Å². The summed E-state index contributed by atoms with van der Waals surface area (Å²) in [5.41, 5.74) is 2.18. The lowest BCUT2D eigenvalue weighted by Crippen LogP contribution is -2.53. The molecule has 7 nitrogen and oxygen atoms in total. The molecule has 0 aliphatic carbocycles. The maximum Gasteiger partial charge on any atom is 0.332 e. The molecule has 1 N–H and O–H groups in total. The summed E-state index contributed by atoms with van der Waals surface area (Å²) in [6.45, 7) is 0.930. The summed E-state index contributed by atoms with van der Waals surface area (Å²) >= 11 is 12.3. The molecule has 9 heteroatoms. The van der Waals surface area contributed by atoms with Gasteiger partial charge in [0.1, 0.15) is 11.9 Å². The molecular weight excluding hydrogens is 449 g/mol. The van der Waals surface area contributed by atoms with Gasteiger partial charge in [0, 0.05) is 54.1 Å². The van der Waals surface area contributed by atoms with Crippen LogP contribution in [0.3, 0.4) is 0 Å². The number of halogens is 2. The highest BCUT2D eigenvalue weighted by atomic mass is 35.5. The van der Waals surface area contributed by atoms with E-state index in [9.17, 15) is 9.59 Å². The predicted octanol–water partition coefficient (Wildman–Crippen LogP) is 3.97. The molecule has 0 radical (unpaired) electrons. The van der Waals surface area contributed by atoms with E-state index in [0.717, 1.165) is 16.7 Å². The molecule has 2 aliphatic rings. The molecule has 0 unspecified atom stereocenters. The molecule has 2 atom stereocenters. The maximum atomic E-state index is 13.8. The summed E-state index contributed by atoms with van der Waals surface area (Å²) in [6.07, 6.45) is 4.99. The van der Waals surface area contributed by atoms with Crippen LogP contribution in [0.2, 0.25) is 10.0 Å². The molecule has 0 bridgehead atoms. The van der Waals surface area contributed by atoms with Gasteiger partial charge < -0.3 is 10.2 Å². The van der Waals surface area contributed by atoms with Gasteiger partial charge in [0.25, 0.3) is 5.91 Å². The van der Waals surface area contributed by atoms with Gasteiger partial charge in [-0.25, -0.2) is 19.7 Å². The van der Waals surface area contributed by atoms with E-state index in [0.29, 0.717) is 28.8 Å². The zero-order chi connectivity index (χ0) is 22.5. The number of hydrogen-bond donors (Lipinski definition) is 1. The van der Waals surface area contributed by atoms with Crippen molar-refractivity contribution in [1.82, 2.24) is 20.2 Å². The van der Waals surface area contributed by atoms with Crippen LogP contribution in [-0.2, 0) is 4.79 Å². The van der Waals surface area contributed by atoms with E-state index in [4.69, 9.17) is 23.2 Å². The van der Waals surface area contributed by atoms with Crippen LogP contribution in [0.15, 0.2) is 61.2 Å². The second-order valence-electron chi connectivity index (χ2n) is 7.97. The Morgan fingerprint density at radius 2 is 1.66 bits per heavy atom. The Morgan fingerprint density at radius 3 is 2.31 bits per heavy atom. The molecule has 2 aliphatic heterocycles. The normalized spacial score (nSPS) is 22.9. The lowest BCUT2D eigenvalue weighted by molar-refractivity contribution is -0.124. The summed E-state index contributed by atoms with van der Waals surface area (Å²) < 4.78 is 0. The largest absolute Gasteiger partial charge is 0.332 e. The zero-order valence-corrected chi connectivity index (χ0v) is 18.6. The molecule has 0 saturated carbocycles. The van der Waals surface area contributed by atoms with E-state index >= 15 is 0 Å². The van der Waals surface area contributed by atoms with E-state index in [1.807, 2.05) is 24.3 Å². The number of nitrogens with one attached hydrogen (secondary N) is 1. The number of amides is 3. The molecule has 1 aromatic heterocycles.